The van der Waals surface area contributed by atoms with Gasteiger partial charge in [-0.25, -0.2) is 0 Å². The van der Waals surface area contributed by atoms with Crippen LogP contribution in [-0.4, -0.2) is 22.3 Å². The van der Waals surface area contributed by atoms with Crippen molar-refractivity contribution in [1.82, 2.24) is 15.3 Å². The van der Waals surface area contributed by atoms with Gasteiger partial charge in [0.2, 0.25) is 0 Å². The number of nitrogens with one attached hydrogen (secondary N) is 2. The Morgan fingerprint density at radius 1 is 0.971 bits per heavy atom. The molecule has 2 N–H and O–H groups in total. The number of H-pyrrole nitrogens is 1. The number of rotatable bonds is 8. The minimum Gasteiger partial charge on any atom is -0.360 e. The summed E-state index contributed by atoms with van der Waals surface area (Å²) in [4.78, 5) is 21.5. The molecule has 5 heteroatoms. The number of aromatic nitrogens is 2. The van der Waals surface area contributed by atoms with E-state index in [1.807, 2.05) is 92.1 Å². The summed E-state index contributed by atoms with van der Waals surface area (Å²) < 4.78 is 0. The Morgan fingerprint density at radius 3 is 2.49 bits per heavy atom. The second-order valence-electron chi connectivity index (χ2n) is 8.69. The van der Waals surface area contributed by atoms with Gasteiger partial charge in [0, 0.05) is 51.7 Å². The fourth-order valence-electron chi connectivity index (χ4n) is 4.32. The molecule has 0 saturated heterocycles. The summed E-state index contributed by atoms with van der Waals surface area (Å²) in [5.74, 6) is 0.0447. The van der Waals surface area contributed by atoms with Crippen LogP contribution in [0.4, 0.5) is 0 Å². The second-order valence-corrected chi connectivity index (χ2v) is 9.13. The van der Waals surface area contributed by atoms with Gasteiger partial charge in [-0.15, -0.1) is 0 Å². The Hall–Kier alpha value is -3.73. The van der Waals surface area contributed by atoms with Crippen molar-refractivity contribution >= 4 is 28.3 Å². The lowest BCUT2D eigenvalue weighted by Gasteiger charge is -2.18. The molecule has 3 aromatic carbocycles. The molecule has 5 aromatic rings. The van der Waals surface area contributed by atoms with Gasteiger partial charge < -0.3 is 10.3 Å². The molecule has 2 aromatic heterocycles. The predicted octanol–water partition coefficient (Wildman–Crippen LogP) is 6.95. The number of hydrogen-bond acceptors (Lipinski definition) is 3. The molecule has 174 valence electrons. The van der Waals surface area contributed by atoms with Gasteiger partial charge in [-0.2, -0.15) is 0 Å². The Bertz CT molecular complexity index is 1440. The molecular formula is C30H26ClN3O. The van der Waals surface area contributed by atoms with Gasteiger partial charge in [-0.3, -0.25) is 9.78 Å². The molecule has 1 unspecified atom stereocenters. The molecule has 0 aliphatic heterocycles. The van der Waals surface area contributed by atoms with Crippen LogP contribution >= 0.6 is 11.6 Å². The minimum atomic E-state index is -0.441. The minimum absolute atomic E-state index is 0.0447. The van der Waals surface area contributed by atoms with Gasteiger partial charge in [0.15, 0.2) is 5.78 Å². The van der Waals surface area contributed by atoms with Crippen molar-refractivity contribution < 1.29 is 4.79 Å². The average Bonchev–Trinajstić information content (AvgIpc) is 3.32. The summed E-state index contributed by atoms with van der Waals surface area (Å²) in [5.41, 5.74) is 6.83. The summed E-state index contributed by atoms with van der Waals surface area (Å²) >= 11 is 6.01. The number of ketones is 1. The summed E-state index contributed by atoms with van der Waals surface area (Å²) in [7, 11) is 0. The average molecular weight is 480 g/mol. The van der Waals surface area contributed by atoms with E-state index in [1.54, 1.807) is 0 Å². The molecule has 0 aliphatic rings. The lowest BCUT2D eigenvalue weighted by molar-refractivity contribution is 0.0945. The normalized spacial score (nSPS) is 12.1. The maximum absolute atomic E-state index is 13.8. The second kappa shape index (κ2) is 10.3. The third-order valence-corrected chi connectivity index (χ3v) is 6.51. The van der Waals surface area contributed by atoms with E-state index in [0.29, 0.717) is 12.1 Å². The molecule has 35 heavy (non-hydrogen) atoms. The number of benzene rings is 3. The van der Waals surface area contributed by atoms with E-state index in [0.717, 1.165) is 44.7 Å². The third kappa shape index (κ3) is 5.19. The molecule has 0 bridgehead atoms. The van der Waals surface area contributed by atoms with Crippen LogP contribution in [0.1, 0.15) is 33.2 Å². The predicted molar refractivity (Wildman–Crippen MR) is 143 cm³/mol. The van der Waals surface area contributed by atoms with E-state index in [9.17, 15) is 4.79 Å². The van der Waals surface area contributed by atoms with Gasteiger partial charge in [0.25, 0.3) is 0 Å². The smallest absolute Gasteiger partial charge is 0.186 e. The number of nitrogens with zero attached hydrogens (tertiary/aromatic N) is 1. The fraction of sp³-hybridized carbons (Fsp3) is 0.133. The van der Waals surface area contributed by atoms with Crippen LogP contribution in [0.2, 0.25) is 5.02 Å². The van der Waals surface area contributed by atoms with Gasteiger partial charge >= 0.3 is 0 Å². The molecule has 1 atom stereocenters. The lowest BCUT2D eigenvalue weighted by Crippen LogP contribution is -2.30. The van der Waals surface area contributed by atoms with Crippen molar-refractivity contribution in [2.45, 2.75) is 19.4 Å². The number of pyridine rings is 1. The van der Waals surface area contributed by atoms with E-state index in [-0.39, 0.29) is 5.78 Å². The molecule has 0 aliphatic carbocycles. The largest absolute Gasteiger partial charge is 0.360 e. The van der Waals surface area contributed by atoms with Gasteiger partial charge in [0.1, 0.15) is 0 Å². The van der Waals surface area contributed by atoms with Crippen LogP contribution in [0, 0.1) is 6.92 Å². The standard InChI is InChI=1S/C30H26ClN3O/c1-20-7-10-24(18-33-20)23-11-14-26-27(19-34-28(26)17-23)30(35)29(22-5-3-2-4-6-22)32-16-15-21-8-12-25(31)13-9-21/h2-14,17-19,29,32,34H,15-16H2,1H3. The maximum Gasteiger partial charge on any atom is 0.186 e. The fourth-order valence-corrected chi connectivity index (χ4v) is 4.45. The highest BCUT2D eigenvalue weighted by molar-refractivity contribution is 6.30. The molecule has 4 nitrogen and oxygen atoms in total. The number of fused-ring (bicyclic) bond motifs is 1. The van der Waals surface area contributed by atoms with E-state index < -0.39 is 6.04 Å². The van der Waals surface area contributed by atoms with Crippen LogP contribution < -0.4 is 5.32 Å². The molecular weight excluding hydrogens is 454 g/mol. The topological polar surface area (TPSA) is 57.8 Å². The zero-order valence-corrected chi connectivity index (χ0v) is 20.2. The molecule has 0 radical (unpaired) electrons. The van der Waals surface area contributed by atoms with E-state index in [1.165, 1.54) is 5.56 Å². The van der Waals surface area contributed by atoms with Crippen molar-refractivity contribution in [3.05, 3.63) is 125 Å². The number of aryl methyl sites for hydroxylation is 1. The highest BCUT2D eigenvalue weighted by Gasteiger charge is 2.24. The first-order valence-electron chi connectivity index (χ1n) is 11.7. The van der Waals surface area contributed by atoms with Crippen LogP contribution in [0.25, 0.3) is 22.0 Å². The van der Waals surface area contributed by atoms with Crippen LogP contribution in [0.5, 0.6) is 0 Å². The first-order valence-corrected chi connectivity index (χ1v) is 12.1. The SMILES string of the molecule is Cc1ccc(-c2ccc3c(C(=O)C(NCCc4ccc(Cl)cc4)c4ccccc4)c[nH]c3c2)cn1. The molecule has 5 rings (SSSR count). The monoisotopic (exact) mass is 479 g/mol. The summed E-state index contributed by atoms with van der Waals surface area (Å²) in [6.07, 6.45) is 4.50. The molecule has 0 amide bonds. The number of Topliss-reactive ketones (excluding diaryl/α,β-unsaturated/α-hetero) is 1. The molecule has 0 saturated carbocycles. The first-order chi connectivity index (χ1) is 17.1. The van der Waals surface area contributed by atoms with E-state index in [2.05, 4.69) is 27.4 Å². The molecule has 2 heterocycles. The van der Waals surface area contributed by atoms with Crippen LogP contribution in [-0.2, 0) is 6.42 Å². The summed E-state index contributed by atoms with van der Waals surface area (Å²) in [6.45, 7) is 2.64. The Morgan fingerprint density at radius 2 is 1.74 bits per heavy atom. The molecule has 0 fully saturated rings. The van der Waals surface area contributed by atoms with Gasteiger partial charge in [-0.05, 0) is 54.3 Å². The third-order valence-electron chi connectivity index (χ3n) is 6.26. The highest BCUT2D eigenvalue weighted by Crippen LogP contribution is 2.29. The lowest BCUT2D eigenvalue weighted by atomic mass is 9.96. The van der Waals surface area contributed by atoms with Gasteiger partial charge in [-0.1, -0.05) is 72.3 Å². The van der Waals surface area contributed by atoms with Crippen molar-refractivity contribution in [3.63, 3.8) is 0 Å². The van der Waals surface area contributed by atoms with E-state index >= 15 is 0 Å². The Kier molecular flexibility index (Phi) is 6.75. The zero-order valence-electron chi connectivity index (χ0n) is 19.5. The quantitative estimate of drug-likeness (QED) is 0.237. The number of hydrogen-bond donors (Lipinski definition) is 2. The summed E-state index contributed by atoms with van der Waals surface area (Å²) in [6, 6.07) is 27.5. The first kappa shape index (κ1) is 23.0. The Balaban J connectivity index is 1.40. The van der Waals surface area contributed by atoms with Crippen LogP contribution in [0.3, 0.4) is 0 Å². The zero-order chi connectivity index (χ0) is 24.2. The highest BCUT2D eigenvalue weighted by atomic mass is 35.5. The van der Waals surface area contributed by atoms with Crippen molar-refractivity contribution in [2.75, 3.05) is 6.54 Å². The number of carbonyl (C=O) groups is 1. The van der Waals surface area contributed by atoms with Crippen molar-refractivity contribution in [1.29, 1.82) is 0 Å². The summed E-state index contributed by atoms with van der Waals surface area (Å²) in [5, 5.41) is 5.13. The number of aromatic amines is 1. The van der Waals surface area contributed by atoms with Crippen molar-refractivity contribution in [2.24, 2.45) is 0 Å². The van der Waals surface area contributed by atoms with E-state index in [4.69, 9.17) is 11.6 Å². The number of halogens is 1. The van der Waals surface area contributed by atoms with Gasteiger partial charge in [0.05, 0.1) is 6.04 Å². The number of carbonyl (C=O) groups excluding carboxylic acids is 1. The Labute approximate surface area is 210 Å². The molecule has 0 spiro atoms. The maximum atomic E-state index is 13.8. The van der Waals surface area contributed by atoms with Crippen LogP contribution in [0.15, 0.2) is 97.3 Å². The van der Waals surface area contributed by atoms with Crippen molar-refractivity contribution in [3.8, 4) is 11.1 Å².